The summed E-state index contributed by atoms with van der Waals surface area (Å²) in [6.07, 6.45) is 1.55. The van der Waals surface area contributed by atoms with Crippen molar-refractivity contribution in [3.8, 4) is 0 Å². The number of carbonyl (C=O) groups excluding carboxylic acids is 1. The number of para-hydroxylation sites is 1. The van der Waals surface area contributed by atoms with Crippen molar-refractivity contribution < 1.29 is 9.90 Å². The number of aliphatic hydroxyl groups is 1. The van der Waals surface area contributed by atoms with Gasteiger partial charge in [0.15, 0.2) is 0 Å². The van der Waals surface area contributed by atoms with Gasteiger partial charge in [-0.05, 0) is 51.9 Å². The van der Waals surface area contributed by atoms with Crippen LogP contribution in [0.15, 0.2) is 18.2 Å². The van der Waals surface area contributed by atoms with Crippen molar-refractivity contribution in [2.75, 3.05) is 45.7 Å². The number of aliphatic hydroxyl groups excluding tert-OH is 1. The van der Waals surface area contributed by atoms with Gasteiger partial charge in [-0.3, -0.25) is 9.69 Å². The van der Waals surface area contributed by atoms with E-state index in [2.05, 4.69) is 10.2 Å². The molecule has 0 bridgehead atoms. The zero-order valence-corrected chi connectivity index (χ0v) is 14.7. The van der Waals surface area contributed by atoms with Gasteiger partial charge in [0.25, 0.3) is 0 Å². The largest absolute Gasteiger partial charge is 0.395 e. The summed E-state index contributed by atoms with van der Waals surface area (Å²) in [4.78, 5) is 17.3. The van der Waals surface area contributed by atoms with Crippen LogP contribution in [0.5, 0.6) is 0 Å². The van der Waals surface area contributed by atoms with Crippen LogP contribution < -0.4 is 5.32 Å². The summed E-state index contributed by atoms with van der Waals surface area (Å²) >= 11 is 0. The Labute approximate surface area is 139 Å². The van der Waals surface area contributed by atoms with Gasteiger partial charge in [-0.2, -0.15) is 0 Å². The Balaban J connectivity index is 2.17. The molecule has 0 aromatic heterocycles. The van der Waals surface area contributed by atoms with E-state index in [4.69, 9.17) is 5.11 Å². The average molecular weight is 319 g/mol. The number of nitrogens with zero attached hydrogens (tertiary/aromatic N) is 2. The number of nitrogens with one attached hydrogen (secondary N) is 1. The second-order valence-corrected chi connectivity index (χ2v) is 6.71. The molecule has 1 saturated heterocycles. The molecule has 0 spiro atoms. The van der Waals surface area contributed by atoms with E-state index in [0.717, 1.165) is 42.7 Å². The van der Waals surface area contributed by atoms with E-state index in [0.29, 0.717) is 6.54 Å². The Morgan fingerprint density at radius 2 is 1.83 bits per heavy atom. The SMILES string of the molecule is Cc1cccc(C)c1NC(=O)C1(N(C)C)CCN(CCO)CC1. The van der Waals surface area contributed by atoms with Crippen LogP contribution in [0.3, 0.4) is 0 Å². The summed E-state index contributed by atoms with van der Waals surface area (Å²) in [7, 11) is 3.96. The molecule has 0 unspecified atom stereocenters. The van der Waals surface area contributed by atoms with Gasteiger partial charge in [-0.15, -0.1) is 0 Å². The fourth-order valence-corrected chi connectivity index (χ4v) is 3.41. The van der Waals surface area contributed by atoms with Gasteiger partial charge in [0.1, 0.15) is 5.54 Å². The lowest BCUT2D eigenvalue weighted by molar-refractivity contribution is -0.129. The number of amides is 1. The lowest BCUT2D eigenvalue weighted by atomic mass is 9.85. The molecule has 0 saturated carbocycles. The van der Waals surface area contributed by atoms with E-state index in [9.17, 15) is 4.79 Å². The van der Waals surface area contributed by atoms with Gasteiger partial charge in [-0.1, -0.05) is 18.2 Å². The van der Waals surface area contributed by atoms with Gasteiger partial charge in [-0.25, -0.2) is 0 Å². The van der Waals surface area contributed by atoms with Gasteiger partial charge >= 0.3 is 0 Å². The maximum Gasteiger partial charge on any atom is 0.244 e. The maximum absolute atomic E-state index is 13.1. The Kier molecular flexibility index (Phi) is 5.79. The Bertz CT molecular complexity index is 529. The van der Waals surface area contributed by atoms with Gasteiger partial charge < -0.3 is 15.3 Å². The van der Waals surface area contributed by atoms with Crippen molar-refractivity contribution in [3.05, 3.63) is 29.3 Å². The highest BCUT2D eigenvalue weighted by Crippen LogP contribution is 2.30. The first-order valence-corrected chi connectivity index (χ1v) is 8.29. The van der Waals surface area contributed by atoms with E-state index >= 15 is 0 Å². The van der Waals surface area contributed by atoms with Crippen molar-refractivity contribution in [2.45, 2.75) is 32.2 Å². The molecule has 0 aliphatic carbocycles. The number of piperidine rings is 1. The molecule has 1 aromatic carbocycles. The summed E-state index contributed by atoms with van der Waals surface area (Å²) < 4.78 is 0. The van der Waals surface area contributed by atoms with E-state index < -0.39 is 5.54 Å². The molecular weight excluding hydrogens is 290 g/mol. The third-order valence-electron chi connectivity index (χ3n) is 5.10. The van der Waals surface area contributed by atoms with Crippen molar-refractivity contribution >= 4 is 11.6 Å². The van der Waals surface area contributed by atoms with Crippen molar-refractivity contribution in [2.24, 2.45) is 0 Å². The Morgan fingerprint density at radius 3 is 2.30 bits per heavy atom. The van der Waals surface area contributed by atoms with Gasteiger partial charge in [0, 0.05) is 25.3 Å². The zero-order chi connectivity index (χ0) is 17.0. The topological polar surface area (TPSA) is 55.8 Å². The molecule has 5 heteroatoms. The quantitative estimate of drug-likeness (QED) is 0.866. The standard InChI is InChI=1S/C18H29N3O2/c1-14-6-5-7-15(2)16(14)19-17(23)18(20(3)4)8-10-21(11-9-18)12-13-22/h5-7,22H,8-13H2,1-4H3,(H,19,23). The third-order valence-corrected chi connectivity index (χ3v) is 5.10. The first kappa shape index (κ1) is 17.9. The summed E-state index contributed by atoms with van der Waals surface area (Å²) in [6.45, 7) is 6.56. The molecule has 1 fully saturated rings. The highest BCUT2D eigenvalue weighted by atomic mass is 16.3. The van der Waals surface area contributed by atoms with E-state index in [1.807, 2.05) is 51.0 Å². The number of likely N-dealkylation sites (tertiary alicyclic amines) is 1. The Hall–Kier alpha value is -1.43. The van der Waals surface area contributed by atoms with E-state index in [-0.39, 0.29) is 12.5 Å². The van der Waals surface area contributed by atoms with Gasteiger partial charge in [0.2, 0.25) is 5.91 Å². The lowest BCUT2D eigenvalue weighted by Crippen LogP contribution is -2.59. The van der Waals surface area contributed by atoms with Crippen LogP contribution in [0.25, 0.3) is 0 Å². The highest BCUT2D eigenvalue weighted by Gasteiger charge is 2.43. The first-order valence-electron chi connectivity index (χ1n) is 8.29. The molecule has 1 heterocycles. The number of rotatable bonds is 5. The molecule has 5 nitrogen and oxygen atoms in total. The monoisotopic (exact) mass is 319 g/mol. The minimum Gasteiger partial charge on any atom is -0.395 e. The number of hydrogen-bond acceptors (Lipinski definition) is 4. The molecule has 1 aromatic rings. The second kappa shape index (κ2) is 7.43. The van der Waals surface area contributed by atoms with Crippen LogP contribution >= 0.6 is 0 Å². The maximum atomic E-state index is 13.1. The lowest BCUT2D eigenvalue weighted by Gasteiger charge is -2.44. The van der Waals surface area contributed by atoms with Crippen molar-refractivity contribution in [1.29, 1.82) is 0 Å². The molecule has 2 rings (SSSR count). The summed E-state index contributed by atoms with van der Waals surface area (Å²) in [5, 5.41) is 12.3. The molecule has 1 aliphatic heterocycles. The van der Waals surface area contributed by atoms with Crippen LogP contribution in [0.4, 0.5) is 5.69 Å². The number of likely N-dealkylation sites (N-methyl/N-ethyl adjacent to an activating group) is 1. The van der Waals surface area contributed by atoms with Crippen molar-refractivity contribution in [1.82, 2.24) is 9.80 Å². The molecule has 23 heavy (non-hydrogen) atoms. The van der Waals surface area contributed by atoms with Gasteiger partial charge in [0.05, 0.1) is 6.61 Å². The highest BCUT2D eigenvalue weighted by molar-refractivity contribution is 5.99. The smallest absolute Gasteiger partial charge is 0.244 e. The van der Waals surface area contributed by atoms with E-state index in [1.54, 1.807) is 0 Å². The zero-order valence-electron chi connectivity index (χ0n) is 14.7. The fourth-order valence-electron chi connectivity index (χ4n) is 3.41. The Morgan fingerprint density at radius 1 is 1.26 bits per heavy atom. The summed E-state index contributed by atoms with van der Waals surface area (Å²) in [5.74, 6) is 0.0727. The number of hydrogen-bond donors (Lipinski definition) is 2. The number of carbonyl (C=O) groups is 1. The molecule has 1 aliphatic rings. The number of anilines is 1. The van der Waals surface area contributed by atoms with Crippen LogP contribution in [-0.4, -0.2) is 66.7 Å². The molecule has 2 N–H and O–H groups in total. The minimum atomic E-state index is -0.485. The van der Waals surface area contributed by atoms with Crippen LogP contribution in [-0.2, 0) is 4.79 Å². The first-order chi connectivity index (χ1) is 10.9. The fraction of sp³-hybridized carbons (Fsp3) is 0.611. The van der Waals surface area contributed by atoms with Crippen molar-refractivity contribution in [3.63, 3.8) is 0 Å². The molecular formula is C18H29N3O2. The van der Waals surface area contributed by atoms with Crippen LogP contribution in [0.1, 0.15) is 24.0 Å². The molecule has 0 radical (unpaired) electrons. The third kappa shape index (κ3) is 3.74. The molecule has 128 valence electrons. The normalized spacial score (nSPS) is 18.2. The van der Waals surface area contributed by atoms with E-state index in [1.165, 1.54) is 0 Å². The average Bonchev–Trinajstić information content (AvgIpc) is 2.52. The molecule has 0 atom stereocenters. The number of β-amino-alcohol motifs (C(OH)–C–C–N with tert-alkyl or cyclic N) is 1. The number of aryl methyl sites for hydroxylation is 2. The predicted molar refractivity (Wildman–Crippen MR) is 93.7 cm³/mol. The minimum absolute atomic E-state index is 0.0727. The summed E-state index contributed by atoms with van der Waals surface area (Å²) in [5.41, 5.74) is 2.62. The predicted octanol–water partition coefficient (Wildman–Crippen LogP) is 1.63. The van der Waals surface area contributed by atoms with Crippen LogP contribution in [0, 0.1) is 13.8 Å². The number of benzene rings is 1. The summed E-state index contributed by atoms with van der Waals surface area (Å²) in [6, 6.07) is 6.05. The second-order valence-electron chi connectivity index (χ2n) is 6.71. The van der Waals surface area contributed by atoms with Crippen LogP contribution in [0.2, 0.25) is 0 Å². The molecule has 1 amide bonds.